The molecule has 194 valence electrons. The number of ether oxygens (including phenoxy) is 1. The lowest BCUT2D eigenvalue weighted by molar-refractivity contribution is -0.147. The SMILES string of the molecule is COc1ccc2c(N3C[C@@H](C)N(C(=O)N4CCn5c(nnc5C(F)(F)F)C4)[C@H](C)C3)c(C#N)cnc2c1. The van der Waals surface area contributed by atoms with Crippen LogP contribution >= 0.6 is 0 Å². The highest BCUT2D eigenvalue weighted by atomic mass is 19.4. The van der Waals surface area contributed by atoms with Gasteiger partial charge in [-0.3, -0.25) is 4.98 Å². The first-order chi connectivity index (χ1) is 17.6. The number of alkyl halides is 3. The van der Waals surface area contributed by atoms with Crippen molar-refractivity contribution in [2.45, 2.75) is 45.2 Å². The molecule has 2 aliphatic heterocycles. The number of anilines is 1. The zero-order valence-corrected chi connectivity index (χ0v) is 20.5. The van der Waals surface area contributed by atoms with Gasteiger partial charge in [0.15, 0.2) is 5.82 Å². The number of aromatic nitrogens is 4. The van der Waals surface area contributed by atoms with Crippen molar-refractivity contribution >= 4 is 22.6 Å². The molecular formula is C24H25F3N8O2. The molecule has 1 fully saturated rings. The van der Waals surface area contributed by atoms with Crippen molar-refractivity contribution in [3.8, 4) is 11.8 Å². The average Bonchev–Trinajstić information content (AvgIpc) is 3.31. The van der Waals surface area contributed by atoms with E-state index in [9.17, 15) is 23.2 Å². The Labute approximate surface area is 210 Å². The first kappa shape index (κ1) is 24.6. The number of nitriles is 1. The largest absolute Gasteiger partial charge is 0.497 e. The van der Waals surface area contributed by atoms with E-state index in [0.717, 1.165) is 15.6 Å². The first-order valence-electron chi connectivity index (χ1n) is 11.8. The van der Waals surface area contributed by atoms with Gasteiger partial charge >= 0.3 is 12.2 Å². The Morgan fingerprint density at radius 3 is 2.54 bits per heavy atom. The van der Waals surface area contributed by atoms with Crippen molar-refractivity contribution in [3.05, 3.63) is 41.6 Å². The van der Waals surface area contributed by atoms with Crippen LogP contribution in [0.5, 0.6) is 5.75 Å². The molecule has 10 nitrogen and oxygen atoms in total. The standard InChI is InChI=1S/C24H25F3N8O2/c1-14-11-33(21-16(9-28)10-29-19-8-17(37-3)4-5-18(19)21)12-15(2)35(14)23(36)32-6-7-34-20(13-32)30-31-22(34)24(25,26)27/h4-5,8,10,14-15H,6-7,11-13H2,1-3H3/t14-,15-/m1/s1. The summed E-state index contributed by atoms with van der Waals surface area (Å²) in [6, 6.07) is 7.03. The molecule has 0 bridgehead atoms. The lowest BCUT2D eigenvalue weighted by Crippen LogP contribution is -2.62. The number of hydrogen-bond donors (Lipinski definition) is 0. The van der Waals surface area contributed by atoms with Crippen molar-refractivity contribution in [2.24, 2.45) is 0 Å². The lowest BCUT2D eigenvalue weighted by Gasteiger charge is -2.47. The van der Waals surface area contributed by atoms with Crippen LogP contribution in [-0.4, -0.2) is 74.4 Å². The van der Waals surface area contributed by atoms with E-state index < -0.39 is 12.0 Å². The van der Waals surface area contributed by atoms with Crippen molar-refractivity contribution in [1.82, 2.24) is 29.5 Å². The van der Waals surface area contributed by atoms with Crippen LogP contribution in [0.25, 0.3) is 10.9 Å². The number of carbonyl (C=O) groups excluding carboxylic acids is 1. The Hall–Kier alpha value is -4.08. The zero-order valence-electron chi connectivity index (χ0n) is 20.5. The third-order valence-corrected chi connectivity index (χ3v) is 6.90. The smallest absolute Gasteiger partial charge is 0.451 e. The summed E-state index contributed by atoms with van der Waals surface area (Å²) in [5, 5.41) is 17.6. The first-order valence-corrected chi connectivity index (χ1v) is 11.8. The summed E-state index contributed by atoms with van der Waals surface area (Å²) >= 11 is 0. The van der Waals surface area contributed by atoms with Gasteiger partial charge in [-0.1, -0.05) is 0 Å². The molecule has 3 aromatic rings. The minimum atomic E-state index is -4.60. The summed E-state index contributed by atoms with van der Waals surface area (Å²) in [6.45, 7) is 4.85. The second kappa shape index (κ2) is 9.10. The summed E-state index contributed by atoms with van der Waals surface area (Å²) in [6.07, 6.45) is -3.05. The second-order valence-electron chi connectivity index (χ2n) is 9.32. The molecule has 2 aromatic heterocycles. The number of nitrogens with zero attached hydrogens (tertiary/aromatic N) is 8. The van der Waals surface area contributed by atoms with Gasteiger partial charge in [-0.05, 0) is 26.0 Å². The van der Waals surface area contributed by atoms with Gasteiger partial charge in [-0.15, -0.1) is 10.2 Å². The molecule has 0 spiro atoms. The number of halogens is 3. The Kier molecular flexibility index (Phi) is 6.05. The highest BCUT2D eigenvalue weighted by Gasteiger charge is 2.42. The van der Waals surface area contributed by atoms with Crippen LogP contribution in [0.3, 0.4) is 0 Å². The van der Waals surface area contributed by atoms with Gasteiger partial charge in [0.25, 0.3) is 0 Å². The maximum Gasteiger partial charge on any atom is 0.451 e. The Morgan fingerprint density at radius 1 is 1.16 bits per heavy atom. The molecule has 0 unspecified atom stereocenters. The minimum Gasteiger partial charge on any atom is -0.497 e. The number of carbonyl (C=O) groups is 1. The topological polar surface area (TPSA) is 103 Å². The molecule has 13 heteroatoms. The van der Waals surface area contributed by atoms with E-state index in [1.54, 1.807) is 18.2 Å². The third kappa shape index (κ3) is 4.26. The predicted octanol–water partition coefficient (Wildman–Crippen LogP) is 3.26. The molecule has 0 saturated carbocycles. The average molecular weight is 515 g/mol. The zero-order chi connectivity index (χ0) is 26.5. The van der Waals surface area contributed by atoms with E-state index in [4.69, 9.17) is 4.74 Å². The lowest BCUT2D eigenvalue weighted by atomic mass is 10.0. The number of amides is 2. The third-order valence-electron chi connectivity index (χ3n) is 6.90. The normalized spacial score (nSPS) is 20.1. The van der Waals surface area contributed by atoms with Gasteiger partial charge in [0.2, 0.25) is 5.82 Å². The molecule has 5 rings (SSSR count). The minimum absolute atomic E-state index is 0.0242. The van der Waals surface area contributed by atoms with Crippen molar-refractivity contribution < 1.29 is 22.7 Å². The molecule has 1 aromatic carbocycles. The van der Waals surface area contributed by atoms with E-state index in [2.05, 4.69) is 26.2 Å². The van der Waals surface area contributed by atoms with Crippen LogP contribution in [0.1, 0.15) is 31.1 Å². The summed E-state index contributed by atoms with van der Waals surface area (Å²) in [5.41, 5.74) is 1.89. The predicted molar refractivity (Wildman–Crippen MR) is 127 cm³/mol. The van der Waals surface area contributed by atoms with Gasteiger partial charge in [-0.2, -0.15) is 18.4 Å². The van der Waals surface area contributed by atoms with Crippen LogP contribution in [-0.2, 0) is 19.3 Å². The summed E-state index contributed by atoms with van der Waals surface area (Å²) in [4.78, 5) is 23.3. The molecule has 2 aliphatic rings. The number of piperazine rings is 1. The number of pyridine rings is 1. The van der Waals surface area contributed by atoms with E-state index in [1.807, 2.05) is 32.0 Å². The van der Waals surface area contributed by atoms with Crippen molar-refractivity contribution in [2.75, 3.05) is 31.6 Å². The molecule has 37 heavy (non-hydrogen) atoms. The maximum absolute atomic E-state index is 13.5. The molecule has 0 N–H and O–H groups in total. The number of rotatable bonds is 2. The highest BCUT2D eigenvalue weighted by molar-refractivity contribution is 5.95. The molecule has 0 radical (unpaired) electrons. The monoisotopic (exact) mass is 514 g/mol. The Bertz CT molecular complexity index is 1390. The van der Waals surface area contributed by atoms with Crippen LogP contribution in [0.15, 0.2) is 24.4 Å². The fourth-order valence-corrected chi connectivity index (χ4v) is 5.28. The molecular weight excluding hydrogens is 489 g/mol. The molecule has 0 aliphatic carbocycles. The van der Waals surface area contributed by atoms with E-state index in [-0.39, 0.29) is 43.6 Å². The molecule has 2 amide bonds. The maximum atomic E-state index is 13.5. The fourth-order valence-electron chi connectivity index (χ4n) is 5.28. The molecule has 2 atom stereocenters. The van der Waals surface area contributed by atoms with Crippen LogP contribution in [0, 0.1) is 11.3 Å². The van der Waals surface area contributed by atoms with E-state index >= 15 is 0 Å². The van der Waals surface area contributed by atoms with E-state index in [0.29, 0.717) is 29.9 Å². The van der Waals surface area contributed by atoms with E-state index in [1.165, 1.54) is 4.90 Å². The number of hydrogen-bond acceptors (Lipinski definition) is 7. The number of urea groups is 1. The second-order valence-corrected chi connectivity index (χ2v) is 9.32. The fraction of sp³-hybridized carbons (Fsp3) is 0.458. The summed E-state index contributed by atoms with van der Waals surface area (Å²) < 4.78 is 45.9. The van der Waals surface area contributed by atoms with Gasteiger partial charge in [0, 0.05) is 55.9 Å². The van der Waals surface area contributed by atoms with Crippen LogP contribution in [0.2, 0.25) is 0 Å². The Balaban J connectivity index is 1.38. The van der Waals surface area contributed by atoms with Crippen molar-refractivity contribution in [1.29, 1.82) is 5.26 Å². The molecule has 1 saturated heterocycles. The van der Waals surface area contributed by atoms with Gasteiger partial charge < -0.3 is 24.0 Å². The number of benzene rings is 1. The van der Waals surface area contributed by atoms with Crippen LogP contribution < -0.4 is 9.64 Å². The van der Waals surface area contributed by atoms with Crippen LogP contribution in [0.4, 0.5) is 23.7 Å². The molecule has 4 heterocycles. The van der Waals surface area contributed by atoms with Gasteiger partial charge in [-0.25, -0.2) is 4.79 Å². The van der Waals surface area contributed by atoms with Crippen molar-refractivity contribution in [3.63, 3.8) is 0 Å². The summed E-state index contributed by atoms with van der Waals surface area (Å²) in [5.74, 6) is -0.267. The number of methoxy groups -OCH3 is 1. The summed E-state index contributed by atoms with van der Waals surface area (Å²) in [7, 11) is 1.58. The highest BCUT2D eigenvalue weighted by Crippen LogP contribution is 2.34. The van der Waals surface area contributed by atoms with Gasteiger partial charge in [0.05, 0.1) is 30.4 Å². The number of fused-ring (bicyclic) bond motifs is 2. The quantitative estimate of drug-likeness (QED) is 0.517. The van der Waals surface area contributed by atoms with Gasteiger partial charge in [0.1, 0.15) is 11.8 Å². The Morgan fingerprint density at radius 2 is 1.89 bits per heavy atom.